The topological polar surface area (TPSA) is 42.7 Å². The predicted octanol–water partition coefficient (Wildman–Crippen LogP) is 11.3. The second-order valence-electron chi connectivity index (χ2n) is 11.6. The van der Waals surface area contributed by atoms with Crippen LogP contribution in [0, 0.1) is 0 Å². The van der Waals surface area contributed by atoms with Crippen LogP contribution in [0.4, 0.5) is 17.1 Å². The van der Waals surface area contributed by atoms with E-state index in [-0.39, 0.29) is 0 Å². The largest absolute Gasteiger partial charge is 0.461 e. The molecular weight excluding hydrogens is 563 g/mol. The first-order chi connectivity index (χ1) is 21.8. The van der Waals surface area contributed by atoms with E-state index in [2.05, 4.69) is 108 Å². The van der Waals surface area contributed by atoms with Crippen LogP contribution in [-0.2, 0) is 5.41 Å². The number of hydrogen-bond donors (Lipinski definition) is 0. The van der Waals surface area contributed by atoms with Crippen molar-refractivity contribution in [1.82, 2.24) is 0 Å². The first kappa shape index (κ1) is 23.0. The Morgan fingerprint density at radius 1 is 0.545 bits per heavy atom. The highest BCUT2D eigenvalue weighted by molar-refractivity contribution is 7.26. The Kier molecular flexibility index (Phi) is 4.13. The number of nitrogens with zero attached hydrogens (tertiary/aromatic N) is 1. The third-order valence-corrected chi connectivity index (χ3v) is 10.9. The van der Waals surface area contributed by atoms with Crippen molar-refractivity contribution >= 4 is 70.5 Å². The Balaban J connectivity index is 1.32. The Bertz CT molecular complexity index is 2610. The lowest BCUT2D eigenvalue weighted by Gasteiger charge is -2.44. The number of thiophene rings is 1. The fraction of sp³-hybridized carbons (Fsp3) is 0.0256. The number of anilines is 3. The van der Waals surface area contributed by atoms with Crippen LogP contribution in [-0.4, -0.2) is 0 Å². The Hall–Kier alpha value is -5.52. The molecule has 11 rings (SSSR count). The van der Waals surface area contributed by atoms with Crippen LogP contribution < -0.4 is 4.90 Å². The lowest BCUT2D eigenvalue weighted by molar-refractivity contribution is 0.525. The molecule has 0 amide bonds. The maximum atomic E-state index is 6.22. The van der Waals surface area contributed by atoms with Gasteiger partial charge in [-0.2, -0.15) is 0 Å². The van der Waals surface area contributed by atoms with E-state index in [1.165, 1.54) is 31.3 Å². The van der Waals surface area contributed by atoms with Crippen molar-refractivity contribution in [3.8, 4) is 11.5 Å². The average Bonchev–Trinajstić information content (AvgIpc) is 3.89. The van der Waals surface area contributed by atoms with Crippen LogP contribution in [0.1, 0.15) is 22.3 Å². The molecule has 1 aliphatic heterocycles. The summed E-state index contributed by atoms with van der Waals surface area (Å²) in [5.74, 6) is 1.62. The van der Waals surface area contributed by atoms with Gasteiger partial charge in [0.1, 0.15) is 11.2 Å². The van der Waals surface area contributed by atoms with Crippen LogP contribution in [0.5, 0.6) is 0 Å². The highest BCUT2D eigenvalue weighted by atomic mass is 32.1. The molecule has 1 aliphatic carbocycles. The van der Waals surface area contributed by atoms with Crippen molar-refractivity contribution < 1.29 is 13.3 Å². The normalized spacial score (nSPS) is 14.5. The van der Waals surface area contributed by atoms with E-state index >= 15 is 0 Å². The van der Waals surface area contributed by atoms with Gasteiger partial charge in [0.2, 0.25) is 0 Å². The third kappa shape index (κ3) is 2.58. The summed E-state index contributed by atoms with van der Waals surface area (Å²) in [7, 11) is 0. The van der Waals surface area contributed by atoms with Crippen molar-refractivity contribution in [1.29, 1.82) is 0 Å². The molecule has 5 aromatic carbocycles. The number of benzene rings is 5. The highest BCUT2D eigenvalue weighted by Gasteiger charge is 2.55. The molecular formula is C39H21NO3S. The summed E-state index contributed by atoms with van der Waals surface area (Å²) in [5.41, 5.74) is 9.28. The molecule has 0 saturated heterocycles. The minimum atomic E-state index is -0.597. The van der Waals surface area contributed by atoms with Crippen LogP contribution in [0.3, 0.4) is 0 Å². The molecule has 0 unspecified atom stereocenters. The molecule has 0 N–H and O–H groups in total. The highest BCUT2D eigenvalue weighted by Crippen LogP contribution is 2.66. The molecule has 5 heteroatoms. The zero-order valence-corrected chi connectivity index (χ0v) is 24.0. The molecule has 2 aliphatic rings. The number of hydrogen-bond acceptors (Lipinski definition) is 5. The van der Waals surface area contributed by atoms with Crippen molar-refractivity contribution in [2.75, 3.05) is 4.90 Å². The Labute approximate surface area is 255 Å². The lowest BCUT2D eigenvalue weighted by atomic mass is 9.65. The smallest absolute Gasteiger partial charge is 0.174 e. The van der Waals surface area contributed by atoms with Gasteiger partial charge < -0.3 is 18.2 Å². The summed E-state index contributed by atoms with van der Waals surface area (Å²) in [6.45, 7) is 0. The number of furan rings is 3. The predicted molar refractivity (Wildman–Crippen MR) is 177 cm³/mol. The molecule has 0 radical (unpaired) electrons. The molecule has 9 aromatic rings. The molecule has 4 aromatic heterocycles. The molecule has 1 spiro atoms. The van der Waals surface area contributed by atoms with Gasteiger partial charge in [0.25, 0.3) is 0 Å². The van der Waals surface area contributed by atoms with E-state index in [1.54, 1.807) is 12.5 Å². The molecule has 4 nitrogen and oxygen atoms in total. The van der Waals surface area contributed by atoms with E-state index in [0.29, 0.717) is 0 Å². The standard InChI is InChI=1S/C39H21NO3S/c1-5-11-32-23(7-1)26-21-22(13-16-33(26)43-32)40-30-10-4-3-9-27(30)39(28-17-19-41-36(28)37-29(39)18-20-42-37)35-31(40)15-14-25-24-8-2-6-12-34(24)44-38(25)35/h1-21H. The summed E-state index contributed by atoms with van der Waals surface area (Å²) >= 11 is 1.87. The monoisotopic (exact) mass is 583 g/mol. The number of para-hydroxylation sites is 2. The van der Waals surface area contributed by atoms with E-state index < -0.39 is 5.41 Å². The summed E-state index contributed by atoms with van der Waals surface area (Å²) in [6, 6.07) is 41.2. The summed E-state index contributed by atoms with van der Waals surface area (Å²) < 4.78 is 21.1. The third-order valence-electron chi connectivity index (χ3n) is 9.65. The lowest BCUT2D eigenvalue weighted by Crippen LogP contribution is -2.36. The first-order valence-electron chi connectivity index (χ1n) is 14.7. The number of rotatable bonds is 1. The summed E-state index contributed by atoms with van der Waals surface area (Å²) in [4.78, 5) is 2.43. The molecule has 44 heavy (non-hydrogen) atoms. The Morgan fingerprint density at radius 2 is 1.27 bits per heavy atom. The maximum Gasteiger partial charge on any atom is 0.174 e. The van der Waals surface area contributed by atoms with Crippen molar-refractivity contribution in [3.05, 3.63) is 150 Å². The van der Waals surface area contributed by atoms with Gasteiger partial charge in [-0.15, -0.1) is 11.3 Å². The van der Waals surface area contributed by atoms with Crippen LogP contribution >= 0.6 is 11.3 Å². The molecule has 206 valence electrons. The van der Waals surface area contributed by atoms with E-state index in [1.807, 2.05) is 23.5 Å². The molecule has 0 bridgehead atoms. The Morgan fingerprint density at radius 3 is 2.14 bits per heavy atom. The minimum absolute atomic E-state index is 0.597. The quantitative estimate of drug-likeness (QED) is 0.193. The van der Waals surface area contributed by atoms with Gasteiger partial charge in [0, 0.05) is 53.3 Å². The van der Waals surface area contributed by atoms with Gasteiger partial charge in [-0.1, -0.05) is 60.7 Å². The fourth-order valence-corrected chi connectivity index (χ4v) is 9.28. The van der Waals surface area contributed by atoms with E-state index in [0.717, 1.165) is 61.6 Å². The first-order valence-corrected chi connectivity index (χ1v) is 15.6. The second kappa shape index (κ2) is 7.90. The molecule has 0 saturated carbocycles. The second-order valence-corrected chi connectivity index (χ2v) is 12.7. The zero-order valence-electron chi connectivity index (χ0n) is 23.2. The number of fused-ring (bicyclic) bond motifs is 16. The summed E-state index contributed by atoms with van der Waals surface area (Å²) in [6.07, 6.45) is 3.60. The molecule has 0 atom stereocenters. The van der Waals surface area contributed by atoms with Crippen molar-refractivity contribution in [2.45, 2.75) is 5.41 Å². The van der Waals surface area contributed by atoms with Gasteiger partial charge >= 0.3 is 0 Å². The van der Waals surface area contributed by atoms with Gasteiger partial charge in [0.15, 0.2) is 11.5 Å². The maximum absolute atomic E-state index is 6.22. The van der Waals surface area contributed by atoms with Crippen LogP contribution in [0.2, 0.25) is 0 Å². The molecule has 5 heterocycles. The van der Waals surface area contributed by atoms with Gasteiger partial charge in [-0.05, 0) is 60.2 Å². The average molecular weight is 584 g/mol. The summed E-state index contributed by atoms with van der Waals surface area (Å²) in [5, 5.41) is 4.77. The van der Waals surface area contributed by atoms with E-state index in [4.69, 9.17) is 13.3 Å². The van der Waals surface area contributed by atoms with Gasteiger partial charge in [0.05, 0.1) is 29.3 Å². The van der Waals surface area contributed by atoms with Gasteiger partial charge in [-0.3, -0.25) is 0 Å². The van der Waals surface area contributed by atoms with E-state index in [9.17, 15) is 0 Å². The SMILES string of the molecule is c1ccc2c(c1)N(c1ccc3oc4ccccc4c3c1)c1ccc3c(sc4ccccc43)c1C21c2ccoc2-c2occc21. The zero-order chi connectivity index (χ0) is 28.6. The van der Waals surface area contributed by atoms with Crippen LogP contribution in [0.25, 0.3) is 53.6 Å². The molecule has 0 fully saturated rings. The minimum Gasteiger partial charge on any atom is -0.461 e. The van der Waals surface area contributed by atoms with Crippen molar-refractivity contribution in [2.24, 2.45) is 0 Å². The van der Waals surface area contributed by atoms with Crippen molar-refractivity contribution in [3.63, 3.8) is 0 Å². The fourth-order valence-electron chi connectivity index (χ4n) is 7.97. The van der Waals surface area contributed by atoms with Gasteiger partial charge in [-0.25, -0.2) is 0 Å². The van der Waals surface area contributed by atoms with Crippen LogP contribution in [0.15, 0.2) is 141 Å².